The molecule has 2 rings (SSSR count). The van der Waals surface area contributed by atoms with Crippen LogP contribution in [0.15, 0.2) is 30.3 Å². The summed E-state index contributed by atoms with van der Waals surface area (Å²) < 4.78 is 5.84. The van der Waals surface area contributed by atoms with Gasteiger partial charge in [0, 0.05) is 29.4 Å². The first-order chi connectivity index (χ1) is 9.95. The van der Waals surface area contributed by atoms with Crippen LogP contribution in [-0.4, -0.2) is 11.0 Å². The average molecular weight is 305 g/mol. The smallest absolute Gasteiger partial charge is 0.219 e. The minimum absolute atomic E-state index is 0.456. The highest BCUT2D eigenvalue weighted by Gasteiger charge is 2.06. The molecule has 21 heavy (non-hydrogen) atoms. The minimum Gasteiger partial charge on any atom is -0.439 e. The fourth-order valence-corrected chi connectivity index (χ4v) is 2.19. The summed E-state index contributed by atoms with van der Waals surface area (Å²) in [7, 11) is 0. The van der Waals surface area contributed by atoms with Crippen molar-refractivity contribution in [1.82, 2.24) is 10.3 Å². The van der Waals surface area contributed by atoms with Crippen LogP contribution in [0.1, 0.15) is 30.7 Å². The maximum absolute atomic E-state index is 5.95. The van der Waals surface area contributed by atoms with Gasteiger partial charge in [0.05, 0.1) is 0 Å². The van der Waals surface area contributed by atoms with E-state index in [0.29, 0.717) is 16.9 Å². The van der Waals surface area contributed by atoms with Gasteiger partial charge in [-0.3, -0.25) is 0 Å². The molecule has 0 amide bonds. The van der Waals surface area contributed by atoms with Crippen LogP contribution >= 0.6 is 11.6 Å². The van der Waals surface area contributed by atoms with Gasteiger partial charge in [-0.2, -0.15) is 0 Å². The summed E-state index contributed by atoms with van der Waals surface area (Å²) >= 11 is 5.95. The molecule has 4 heteroatoms. The lowest BCUT2D eigenvalue weighted by molar-refractivity contribution is 0.457. The number of nitrogens with one attached hydrogen (secondary N) is 1. The summed E-state index contributed by atoms with van der Waals surface area (Å²) in [4.78, 5) is 4.51. The normalized spacial score (nSPS) is 11.0. The monoisotopic (exact) mass is 304 g/mol. The molecule has 1 heterocycles. The summed E-state index contributed by atoms with van der Waals surface area (Å²) in [6, 6.07) is 9.97. The Labute approximate surface area is 131 Å². The molecule has 0 aliphatic carbocycles. The van der Waals surface area contributed by atoms with Crippen LogP contribution in [-0.2, 0) is 6.54 Å². The van der Waals surface area contributed by atoms with Gasteiger partial charge in [-0.15, -0.1) is 0 Å². The lowest BCUT2D eigenvalue weighted by atomic mass is 10.2. The Morgan fingerprint density at radius 3 is 2.57 bits per heavy atom. The van der Waals surface area contributed by atoms with Crippen molar-refractivity contribution < 1.29 is 4.74 Å². The SMILES string of the molecule is Cc1cc(Cl)ccc1Oc1ccc(CNC(C)C)c(C)n1. The Kier molecular flexibility index (Phi) is 5.21. The third kappa shape index (κ3) is 4.45. The maximum atomic E-state index is 5.95. The van der Waals surface area contributed by atoms with Crippen molar-refractivity contribution in [3.05, 3.63) is 52.2 Å². The predicted octanol–water partition coefficient (Wildman–Crippen LogP) is 4.64. The summed E-state index contributed by atoms with van der Waals surface area (Å²) in [6.45, 7) is 9.04. The Morgan fingerprint density at radius 1 is 1.19 bits per heavy atom. The van der Waals surface area contributed by atoms with E-state index in [2.05, 4.69) is 30.2 Å². The first kappa shape index (κ1) is 15.8. The van der Waals surface area contributed by atoms with E-state index in [1.807, 2.05) is 38.1 Å². The van der Waals surface area contributed by atoms with Crippen LogP contribution in [0.25, 0.3) is 0 Å². The molecule has 0 spiro atoms. The standard InChI is InChI=1S/C17H21ClN2O/c1-11(2)19-10-14-5-8-17(20-13(14)4)21-16-7-6-15(18)9-12(16)3/h5-9,11,19H,10H2,1-4H3. The summed E-state index contributed by atoms with van der Waals surface area (Å²) in [6.07, 6.45) is 0. The highest BCUT2D eigenvalue weighted by molar-refractivity contribution is 6.30. The highest BCUT2D eigenvalue weighted by Crippen LogP contribution is 2.26. The Hall–Kier alpha value is -1.58. The number of rotatable bonds is 5. The second-order valence-electron chi connectivity index (χ2n) is 5.44. The second kappa shape index (κ2) is 6.92. The lowest BCUT2D eigenvalue weighted by Gasteiger charge is -2.12. The van der Waals surface area contributed by atoms with Gasteiger partial charge in [-0.05, 0) is 43.2 Å². The molecule has 0 radical (unpaired) electrons. The van der Waals surface area contributed by atoms with Crippen molar-refractivity contribution in [2.24, 2.45) is 0 Å². The van der Waals surface area contributed by atoms with E-state index in [1.165, 1.54) is 5.56 Å². The van der Waals surface area contributed by atoms with Crippen molar-refractivity contribution in [2.45, 2.75) is 40.3 Å². The van der Waals surface area contributed by atoms with Crippen LogP contribution in [0.2, 0.25) is 5.02 Å². The van der Waals surface area contributed by atoms with Crippen LogP contribution in [0, 0.1) is 13.8 Å². The van der Waals surface area contributed by atoms with E-state index >= 15 is 0 Å². The third-order valence-corrected chi connectivity index (χ3v) is 3.46. The van der Waals surface area contributed by atoms with E-state index in [-0.39, 0.29) is 0 Å². The zero-order chi connectivity index (χ0) is 15.4. The number of hydrogen-bond acceptors (Lipinski definition) is 3. The number of benzene rings is 1. The number of halogens is 1. The molecule has 0 bridgehead atoms. The molecule has 3 nitrogen and oxygen atoms in total. The molecule has 2 aromatic rings. The van der Waals surface area contributed by atoms with Gasteiger partial charge in [0.2, 0.25) is 5.88 Å². The predicted molar refractivity (Wildman–Crippen MR) is 87.2 cm³/mol. The van der Waals surface area contributed by atoms with Gasteiger partial charge in [-0.1, -0.05) is 31.5 Å². The number of hydrogen-bond donors (Lipinski definition) is 1. The zero-order valence-electron chi connectivity index (χ0n) is 12.9. The summed E-state index contributed by atoms with van der Waals surface area (Å²) in [5.74, 6) is 1.38. The summed E-state index contributed by atoms with van der Waals surface area (Å²) in [5.41, 5.74) is 3.16. The molecule has 0 fully saturated rings. The maximum Gasteiger partial charge on any atom is 0.219 e. The highest BCUT2D eigenvalue weighted by atomic mass is 35.5. The Balaban J connectivity index is 2.12. The third-order valence-electron chi connectivity index (χ3n) is 3.22. The molecule has 0 atom stereocenters. The fraction of sp³-hybridized carbons (Fsp3) is 0.353. The summed E-state index contributed by atoms with van der Waals surface area (Å²) in [5, 5.41) is 4.10. The molecule has 1 N–H and O–H groups in total. The van der Waals surface area contributed by atoms with Crippen molar-refractivity contribution in [3.63, 3.8) is 0 Å². The molecule has 0 saturated heterocycles. The fourth-order valence-electron chi connectivity index (χ4n) is 1.96. The zero-order valence-corrected chi connectivity index (χ0v) is 13.7. The van der Waals surface area contributed by atoms with Crippen molar-refractivity contribution >= 4 is 11.6 Å². The quantitative estimate of drug-likeness (QED) is 0.873. The van der Waals surface area contributed by atoms with Crippen molar-refractivity contribution in [2.75, 3.05) is 0 Å². The van der Waals surface area contributed by atoms with Gasteiger partial charge in [0.15, 0.2) is 0 Å². The number of aryl methyl sites for hydroxylation is 2. The molecular weight excluding hydrogens is 284 g/mol. The van der Waals surface area contributed by atoms with Crippen LogP contribution < -0.4 is 10.1 Å². The van der Waals surface area contributed by atoms with Gasteiger partial charge in [0.1, 0.15) is 5.75 Å². The van der Waals surface area contributed by atoms with Gasteiger partial charge in [-0.25, -0.2) is 4.98 Å². The Morgan fingerprint density at radius 2 is 1.95 bits per heavy atom. The largest absolute Gasteiger partial charge is 0.439 e. The molecule has 1 aromatic heterocycles. The van der Waals surface area contributed by atoms with E-state index in [9.17, 15) is 0 Å². The van der Waals surface area contributed by atoms with Crippen molar-refractivity contribution in [1.29, 1.82) is 0 Å². The van der Waals surface area contributed by atoms with Crippen LogP contribution in [0.3, 0.4) is 0 Å². The van der Waals surface area contributed by atoms with Gasteiger partial charge >= 0.3 is 0 Å². The van der Waals surface area contributed by atoms with Crippen LogP contribution in [0.4, 0.5) is 0 Å². The molecule has 112 valence electrons. The molecular formula is C17H21ClN2O. The topological polar surface area (TPSA) is 34.1 Å². The molecule has 1 aromatic carbocycles. The lowest BCUT2D eigenvalue weighted by Crippen LogP contribution is -2.22. The number of aromatic nitrogens is 1. The molecule has 0 unspecified atom stereocenters. The van der Waals surface area contributed by atoms with E-state index in [0.717, 1.165) is 23.6 Å². The van der Waals surface area contributed by atoms with E-state index < -0.39 is 0 Å². The molecule has 0 saturated carbocycles. The Bertz CT molecular complexity index is 626. The van der Waals surface area contributed by atoms with Gasteiger partial charge in [0.25, 0.3) is 0 Å². The van der Waals surface area contributed by atoms with Gasteiger partial charge < -0.3 is 10.1 Å². The average Bonchev–Trinajstić information content (AvgIpc) is 2.41. The second-order valence-corrected chi connectivity index (χ2v) is 5.88. The number of ether oxygens (including phenoxy) is 1. The van der Waals surface area contributed by atoms with E-state index in [4.69, 9.17) is 16.3 Å². The minimum atomic E-state index is 0.456. The first-order valence-corrected chi connectivity index (χ1v) is 7.47. The molecule has 0 aliphatic rings. The van der Waals surface area contributed by atoms with Crippen molar-refractivity contribution in [3.8, 4) is 11.6 Å². The number of pyridine rings is 1. The number of nitrogens with zero attached hydrogens (tertiary/aromatic N) is 1. The first-order valence-electron chi connectivity index (χ1n) is 7.09. The van der Waals surface area contributed by atoms with Crippen LogP contribution in [0.5, 0.6) is 11.6 Å². The van der Waals surface area contributed by atoms with E-state index in [1.54, 1.807) is 0 Å². The molecule has 0 aliphatic heterocycles.